The van der Waals surface area contributed by atoms with Crippen LogP contribution in [0.4, 0.5) is 0 Å². The minimum absolute atomic E-state index is 0.296. The molecule has 1 atom stereocenters. The number of rotatable bonds is 3. The predicted molar refractivity (Wildman–Crippen MR) is 69.4 cm³/mol. The zero-order valence-electron chi connectivity index (χ0n) is 9.12. The maximum absolute atomic E-state index is 9.38. The lowest BCUT2D eigenvalue weighted by Crippen LogP contribution is -2.29. The standard InChI is InChI=1S/C13H16BrNO/c14-12-8-10(6-7-13(12)16)9-15-11-4-2-1-3-5-11/h1-2,6-8,11,15-16H,3-5,9H2. The number of benzene rings is 1. The lowest BCUT2D eigenvalue weighted by molar-refractivity contribution is 0.467. The van der Waals surface area contributed by atoms with Gasteiger partial charge in [0.05, 0.1) is 4.47 Å². The van der Waals surface area contributed by atoms with Gasteiger partial charge in [0, 0.05) is 12.6 Å². The smallest absolute Gasteiger partial charge is 0.129 e. The summed E-state index contributed by atoms with van der Waals surface area (Å²) in [7, 11) is 0. The average Bonchev–Trinajstić information content (AvgIpc) is 2.32. The van der Waals surface area contributed by atoms with Gasteiger partial charge >= 0.3 is 0 Å². The molecule has 0 radical (unpaired) electrons. The van der Waals surface area contributed by atoms with E-state index in [-0.39, 0.29) is 0 Å². The summed E-state index contributed by atoms with van der Waals surface area (Å²) in [5.41, 5.74) is 1.19. The molecule has 0 fully saturated rings. The highest BCUT2D eigenvalue weighted by Gasteiger charge is 2.08. The van der Waals surface area contributed by atoms with E-state index in [1.54, 1.807) is 6.07 Å². The largest absolute Gasteiger partial charge is 0.507 e. The molecule has 0 bridgehead atoms. The highest BCUT2D eigenvalue weighted by molar-refractivity contribution is 9.10. The summed E-state index contributed by atoms with van der Waals surface area (Å²) in [5, 5.41) is 12.9. The van der Waals surface area contributed by atoms with Crippen LogP contribution in [0.5, 0.6) is 5.75 Å². The quantitative estimate of drug-likeness (QED) is 0.833. The molecule has 0 saturated carbocycles. The van der Waals surface area contributed by atoms with Gasteiger partial charge in [0.1, 0.15) is 5.75 Å². The van der Waals surface area contributed by atoms with Crippen molar-refractivity contribution in [2.24, 2.45) is 0 Å². The molecule has 86 valence electrons. The molecule has 1 aliphatic rings. The Hall–Kier alpha value is -0.800. The van der Waals surface area contributed by atoms with Crippen LogP contribution in [-0.2, 0) is 6.54 Å². The summed E-state index contributed by atoms with van der Waals surface area (Å²) < 4.78 is 0.760. The fourth-order valence-electron chi connectivity index (χ4n) is 1.90. The highest BCUT2D eigenvalue weighted by atomic mass is 79.9. The van der Waals surface area contributed by atoms with E-state index in [2.05, 4.69) is 33.4 Å². The van der Waals surface area contributed by atoms with Gasteiger partial charge in [-0.1, -0.05) is 18.2 Å². The fraction of sp³-hybridized carbons (Fsp3) is 0.385. The van der Waals surface area contributed by atoms with Crippen LogP contribution in [-0.4, -0.2) is 11.1 Å². The molecule has 3 heteroatoms. The molecule has 0 saturated heterocycles. The lowest BCUT2D eigenvalue weighted by Gasteiger charge is -2.19. The minimum atomic E-state index is 0.296. The summed E-state index contributed by atoms with van der Waals surface area (Å²) in [5.74, 6) is 0.296. The van der Waals surface area contributed by atoms with Gasteiger partial charge in [-0.3, -0.25) is 0 Å². The van der Waals surface area contributed by atoms with Gasteiger partial charge < -0.3 is 10.4 Å². The molecule has 16 heavy (non-hydrogen) atoms. The van der Waals surface area contributed by atoms with Gasteiger partial charge in [-0.2, -0.15) is 0 Å². The molecule has 2 rings (SSSR count). The summed E-state index contributed by atoms with van der Waals surface area (Å²) in [4.78, 5) is 0. The van der Waals surface area contributed by atoms with E-state index in [4.69, 9.17) is 0 Å². The topological polar surface area (TPSA) is 32.3 Å². The van der Waals surface area contributed by atoms with Crippen LogP contribution in [0, 0.1) is 0 Å². The van der Waals surface area contributed by atoms with Gasteiger partial charge in [-0.15, -0.1) is 0 Å². The van der Waals surface area contributed by atoms with Crippen molar-refractivity contribution in [3.8, 4) is 5.75 Å². The Morgan fingerprint density at radius 1 is 1.38 bits per heavy atom. The minimum Gasteiger partial charge on any atom is -0.507 e. The van der Waals surface area contributed by atoms with Crippen molar-refractivity contribution in [3.05, 3.63) is 40.4 Å². The number of hydrogen-bond acceptors (Lipinski definition) is 2. The predicted octanol–water partition coefficient (Wildman–Crippen LogP) is 3.35. The van der Waals surface area contributed by atoms with E-state index in [1.165, 1.54) is 18.4 Å². The van der Waals surface area contributed by atoms with Crippen LogP contribution in [0.2, 0.25) is 0 Å². The Kier molecular flexibility index (Phi) is 4.02. The molecule has 1 aromatic carbocycles. The molecule has 1 unspecified atom stereocenters. The van der Waals surface area contributed by atoms with Gasteiger partial charge in [-0.05, 0) is 52.9 Å². The van der Waals surface area contributed by atoms with Crippen molar-refractivity contribution >= 4 is 15.9 Å². The number of aromatic hydroxyl groups is 1. The molecule has 0 amide bonds. The third kappa shape index (κ3) is 3.09. The maximum atomic E-state index is 9.38. The van der Waals surface area contributed by atoms with Crippen molar-refractivity contribution in [2.45, 2.75) is 31.8 Å². The summed E-state index contributed by atoms with van der Waals surface area (Å²) in [6, 6.07) is 6.23. The number of allylic oxidation sites excluding steroid dienone is 1. The lowest BCUT2D eigenvalue weighted by atomic mass is 10.0. The van der Waals surface area contributed by atoms with Crippen molar-refractivity contribution in [3.63, 3.8) is 0 Å². The highest BCUT2D eigenvalue weighted by Crippen LogP contribution is 2.24. The van der Waals surface area contributed by atoms with Crippen LogP contribution in [0.15, 0.2) is 34.8 Å². The van der Waals surface area contributed by atoms with Crippen LogP contribution in [0.1, 0.15) is 24.8 Å². The van der Waals surface area contributed by atoms with Crippen LogP contribution in [0.3, 0.4) is 0 Å². The van der Waals surface area contributed by atoms with E-state index >= 15 is 0 Å². The Morgan fingerprint density at radius 3 is 2.94 bits per heavy atom. The average molecular weight is 282 g/mol. The molecule has 2 N–H and O–H groups in total. The second-order valence-electron chi connectivity index (χ2n) is 4.15. The molecular formula is C13H16BrNO. The van der Waals surface area contributed by atoms with E-state index in [1.807, 2.05) is 12.1 Å². The monoisotopic (exact) mass is 281 g/mol. The van der Waals surface area contributed by atoms with Crippen LogP contribution >= 0.6 is 15.9 Å². The molecule has 1 aromatic rings. The first-order chi connectivity index (χ1) is 7.75. The Bertz CT molecular complexity index is 390. The molecule has 0 aliphatic heterocycles. The zero-order valence-corrected chi connectivity index (χ0v) is 10.7. The second-order valence-corrected chi connectivity index (χ2v) is 5.00. The van der Waals surface area contributed by atoms with Gasteiger partial charge in [-0.25, -0.2) is 0 Å². The first-order valence-corrected chi connectivity index (χ1v) is 6.41. The number of halogens is 1. The number of phenolic OH excluding ortho intramolecular Hbond substituents is 1. The Labute approximate surface area is 105 Å². The van der Waals surface area contributed by atoms with Crippen molar-refractivity contribution in [1.29, 1.82) is 0 Å². The molecule has 0 spiro atoms. The van der Waals surface area contributed by atoms with Gasteiger partial charge in [0.15, 0.2) is 0 Å². The summed E-state index contributed by atoms with van der Waals surface area (Å²) >= 11 is 3.32. The fourth-order valence-corrected chi connectivity index (χ4v) is 2.33. The summed E-state index contributed by atoms with van der Waals surface area (Å²) in [6.07, 6.45) is 8.01. The van der Waals surface area contributed by atoms with Crippen molar-refractivity contribution < 1.29 is 5.11 Å². The van der Waals surface area contributed by atoms with Crippen molar-refractivity contribution in [2.75, 3.05) is 0 Å². The van der Waals surface area contributed by atoms with Gasteiger partial charge in [0.25, 0.3) is 0 Å². The number of hydrogen-bond donors (Lipinski definition) is 2. The first kappa shape index (κ1) is 11.7. The van der Waals surface area contributed by atoms with Crippen LogP contribution < -0.4 is 5.32 Å². The van der Waals surface area contributed by atoms with E-state index in [0.29, 0.717) is 11.8 Å². The normalized spacial score (nSPS) is 19.9. The molecule has 0 aromatic heterocycles. The Balaban J connectivity index is 1.89. The van der Waals surface area contributed by atoms with Crippen molar-refractivity contribution in [1.82, 2.24) is 5.32 Å². The first-order valence-electron chi connectivity index (χ1n) is 5.61. The SMILES string of the molecule is Oc1ccc(CNC2CC=CCC2)cc1Br. The van der Waals surface area contributed by atoms with Crippen LogP contribution in [0.25, 0.3) is 0 Å². The molecule has 0 heterocycles. The molecular weight excluding hydrogens is 266 g/mol. The maximum Gasteiger partial charge on any atom is 0.129 e. The second kappa shape index (κ2) is 5.51. The Morgan fingerprint density at radius 2 is 2.25 bits per heavy atom. The van der Waals surface area contributed by atoms with E-state index in [9.17, 15) is 5.11 Å². The zero-order chi connectivity index (χ0) is 11.4. The molecule has 2 nitrogen and oxygen atoms in total. The number of nitrogens with one attached hydrogen (secondary N) is 1. The third-order valence-corrected chi connectivity index (χ3v) is 3.51. The van der Waals surface area contributed by atoms with E-state index < -0.39 is 0 Å². The summed E-state index contributed by atoms with van der Waals surface area (Å²) in [6.45, 7) is 0.859. The third-order valence-electron chi connectivity index (χ3n) is 2.88. The van der Waals surface area contributed by atoms with E-state index in [0.717, 1.165) is 17.4 Å². The molecule has 1 aliphatic carbocycles. The van der Waals surface area contributed by atoms with Gasteiger partial charge in [0.2, 0.25) is 0 Å². The number of phenols is 1.